The number of likely N-dealkylation sites (N-methyl/N-ethyl adjacent to an activating group) is 1. The molecule has 4 N–H and O–H groups in total. The second kappa shape index (κ2) is 3.60. The van der Waals surface area contributed by atoms with Gasteiger partial charge in [-0.3, -0.25) is 0 Å². The van der Waals surface area contributed by atoms with E-state index in [0.717, 1.165) is 5.70 Å². The summed E-state index contributed by atoms with van der Waals surface area (Å²) in [7, 11) is 1.78. The number of hydrogen-bond acceptors (Lipinski definition) is 4. The molecule has 4 nitrogen and oxygen atoms in total. The summed E-state index contributed by atoms with van der Waals surface area (Å²) < 4.78 is 0. The number of rotatable bonds is 2. The third-order valence-corrected chi connectivity index (χ3v) is 1.70. The maximum absolute atomic E-state index is 9.37. The summed E-state index contributed by atoms with van der Waals surface area (Å²) in [5.41, 5.74) is 1.48. The van der Waals surface area contributed by atoms with Gasteiger partial charge in [-0.05, 0) is 20.0 Å². The minimum atomic E-state index is -0.866. The van der Waals surface area contributed by atoms with Gasteiger partial charge in [0.25, 0.3) is 0 Å². The normalized spacial score (nSPS) is 23.6. The van der Waals surface area contributed by atoms with Gasteiger partial charge in [0.15, 0.2) is 0 Å². The van der Waals surface area contributed by atoms with Crippen LogP contribution < -0.4 is 10.6 Å². The maximum atomic E-state index is 9.37. The highest BCUT2D eigenvalue weighted by Crippen LogP contribution is 2.12. The van der Waals surface area contributed by atoms with E-state index in [2.05, 4.69) is 10.6 Å². The molecule has 0 aliphatic carbocycles. The smallest absolute Gasteiger partial charge is 0.145 e. The van der Waals surface area contributed by atoms with Crippen LogP contribution in [0.15, 0.2) is 23.2 Å². The van der Waals surface area contributed by atoms with Crippen molar-refractivity contribution in [2.45, 2.75) is 13.0 Å². The zero-order chi connectivity index (χ0) is 9.14. The second-order valence-corrected chi connectivity index (χ2v) is 2.81. The molecule has 0 amide bonds. The molecular weight excluding hydrogens is 156 g/mol. The molecular formula is C8H14N2O2. The van der Waals surface area contributed by atoms with E-state index in [1.807, 2.05) is 6.92 Å². The quantitative estimate of drug-likeness (QED) is 0.465. The standard InChI is InChI=1S/C8H14N2O2/c1-5-3-7(11)8(12)6(10-5)4-9-2/h3,7,9-12H,4H2,1-2H3. The first-order valence-electron chi connectivity index (χ1n) is 3.85. The zero-order valence-corrected chi connectivity index (χ0v) is 7.26. The first-order chi connectivity index (χ1) is 5.65. The van der Waals surface area contributed by atoms with Crippen LogP contribution in [0.5, 0.6) is 0 Å². The zero-order valence-electron chi connectivity index (χ0n) is 7.26. The van der Waals surface area contributed by atoms with E-state index in [4.69, 9.17) is 0 Å². The van der Waals surface area contributed by atoms with Crippen LogP contribution in [0.2, 0.25) is 0 Å². The van der Waals surface area contributed by atoms with E-state index in [1.54, 1.807) is 13.1 Å². The Morgan fingerprint density at radius 3 is 2.92 bits per heavy atom. The molecule has 0 saturated heterocycles. The lowest BCUT2D eigenvalue weighted by Gasteiger charge is -2.21. The summed E-state index contributed by atoms with van der Waals surface area (Å²) >= 11 is 0. The lowest BCUT2D eigenvalue weighted by Crippen LogP contribution is -2.30. The topological polar surface area (TPSA) is 64.5 Å². The van der Waals surface area contributed by atoms with Gasteiger partial charge >= 0.3 is 0 Å². The van der Waals surface area contributed by atoms with Crippen molar-refractivity contribution in [3.63, 3.8) is 0 Å². The lowest BCUT2D eigenvalue weighted by molar-refractivity contribution is 0.183. The van der Waals surface area contributed by atoms with Crippen molar-refractivity contribution in [3.8, 4) is 0 Å². The van der Waals surface area contributed by atoms with E-state index >= 15 is 0 Å². The van der Waals surface area contributed by atoms with E-state index < -0.39 is 6.10 Å². The van der Waals surface area contributed by atoms with Crippen LogP contribution in [0.4, 0.5) is 0 Å². The highest BCUT2D eigenvalue weighted by Gasteiger charge is 2.17. The average Bonchev–Trinajstić information content (AvgIpc) is 2.00. The Morgan fingerprint density at radius 1 is 1.67 bits per heavy atom. The van der Waals surface area contributed by atoms with E-state index in [-0.39, 0.29) is 5.76 Å². The van der Waals surface area contributed by atoms with Crippen LogP contribution >= 0.6 is 0 Å². The monoisotopic (exact) mass is 170 g/mol. The molecule has 12 heavy (non-hydrogen) atoms. The van der Waals surface area contributed by atoms with Crippen molar-refractivity contribution in [3.05, 3.63) is 23.2 Å². The Hall–Kier alpha value is -1.00. The van der Waals surface area contributed by atoms with Crippen LogP contribution in [-0.4, -0.2) is 29.9 Å². The van der Waals surface area contributed by atoms with Crippen molar-refractivity contribution >= 4 is 0 Å². The van der Waals surface area contributed by atoms with Crippen LogP contribution in [-0.2, 0) is 0 Å². The highest BCUT2D eigenvalue weighted by molar-refractivity contribution is 5.26. The molecule has 0 bridgehead atoms. The van der Waals surface area contributed by atoms with Crippen LogP contribution in [0.3, 0.4) is 0 Å². The van der Waals surface area contributed by atoms with Gasteiger partial charge in [0.2, 0.25) is 0 Å². The second-order valence-electron chi connectivity index (χ2n) is 2.81. The fourth-order valence-electron chi connectivity index (χ4n) is 1.15. The van der Waals surface area contributed by atoms with Gasteiger partial charge in [-0.1, -0.05) is 0 Å². The summed E-state index contributed by atoms with van der Waals surface area (Å²) in [6, 6.07) is 0. The largest absolute Gasteiger partial charge is 0.507 e. The Labute approximate surface area is 71.6 Å². The predicted octanol–water partition coefficient (Wildman–Crippen LogP) is -0.157. The van der Waals surface area contributed by atoms with E-state index in [1.165, 1.54) is 0 Å². The van der Waals surface area contributed by atoms with Gasteiger partial charge in [-0.25, -0.2) is 0 Å². The first-order valence-corrected chi connectivity index (χ1v) is 3.85. The SMILES string of the molecule is CNCC1=C(O)C(O)C=C(C)N1. The van der Waals surface area contributed by atoms with E-state index in [0.29, 0.717) is 12.2 Å². The average molecular weight is 170 g/mol. The summed E-state index contributed by atoms with van der Waals surface area (Å²) in [6.07, 6.45) is 0.698. The van der Waals surface area contributed by atoms with Crippen molar-refractivity contribution < 1.29 is 10.2 Å². The minimum Gasteiger partial charge on any atom is -0.507 e. The molecule has 0 aromatic carbocycles. The number of dihydropyridines is 1. The first kappa shape index (κ1) is 9.09. The number of aliphatic hydroxyl groups excluding tert-OH is 2. The minimum absolute atomic E-state index is 0.00468. The summed E-state index contributed by atoms with van der Waals surface area (Å²) in [5.74, 6) is -0.00468. The molecule has 0 fully saturated rings. The van der Waals surface area contributed by atoms with Gasteiger partial charge in [0, 0.05) is 12.2 Å². The number of nitrogens with one attached hydrogen (secondary N) is 2. The Kier molecular flexibility index (Phi) is 2.73. The van der Waals surface area contributed by atoms with Gasteiger partial charge in [0.1, 0.15) is 11.9 Å². The van der Waals surface area contributed by atoms with Crippen molar-refractivity contribution in [2.24, 2.45) is 0 Å². The fourth-order valence-corrected chi connectivity index (χ4v) is 1.15. The Balaban J connectivity index is 2.76. The number of hydrogen-bond donors (Lipinski definition) is 4. The van der Waals surface area contributed by atoms with Crippen molar-refractivity contribution in [1.29, 1.82) is 0 Å². The summed E-state index contributed by atoms with van der Waals surface area (Å²) in [5, 5.41) is 24.5. The Bertz CT molecular complexity index is 233. The van der Waals surface area contributed by atoms with Crippen LogP contribution in [0, 0.1) is 0 Å². The lowest BCUT2D eigenvalue weighted by atomic mass is 10.1. The maximum Gasteiger partial charge on any atom is 0.145 e. The highest BCUT2D eigenvalue weighted by atomic mass is 16.3. The summed E-state index contributed by atoms with van der Waals surface area (Å²) in [4.78, 5) is 0. The van der Waals surface area contributed by atoms with Gasteiger partial charge in [0.05, 0.1) is 5.70 Å². The van der Waals surface area contributed by atoms with Gasteiger partial charge in [-0.15, -0.1) is 0 Å². The van der Waals surface area contributed by atoms with E-state index in [9.17, 15) is 10.2 Å². The molecule has 1 atom stereocenters. The van der Waals surface area contributed by atoms with Crippen molar-refractivity contribution in [2.75, 3.05) is 13.6 Å². The Morgan fingerprint density at radius 2 is 2.33 bits per heavy atom. The molecule has 0 spiro atoms. The molecule has 4 heteroatoms. The van der Waals surface area contributed by atoms with Crippen LogP contribution in [0.25, 0.3) is 0 Å². The molecule has 0 saturated carbocycles. The predicted molar refractivity (Wildman–Crippen MR) is 46.5 cm³/mol. The molecule has 1 heterocycles. The number of aliphatic hydroxyl groups is 2. The van der Waals surface area contributed by atoms with Gasteiger partial charge < -0.3 is 20.8 Å². The fraction of sp³-hybridized carbons (Fsp3) is 0.500. The molecule has 1 rings (SSSR count). The molecule has 0 aromatic heterocycles. The third kappa shape index (κ3) is 1.78. The van der Waals surface area contributed by atoms with Crippen molar-refractivity contribution in [1.82, 2.24) is 10.6 Å². The molecule has 1 aliphatic rings. The third-order valence-electron chi connectivity index (χ3n) is 1.70. The molecule has 1 unspecified atom stereocenters. The molecule has 0 radical (unpaired) electrons. The summed E-state index contributed by atoms with van der Waals surface area (Å²) in [6.45, 7) is 2.36. The molecule has 1 aliphatic heterocycles. The van der Waals surface area contributed by atoms with Crippen LogP contribution in [0.1, 0.15) is 6.92 Å². The molecule has 68 valence electrons. The van der Waals surface area contributed by atoms with Gasteiger partial charge in [-0.2, -0.15) is 0 Å². The number of allylic oxidation sites excluding steroid dienone is 1. The molecule has 0 aromatic rings.